The SMILES string of the molecule is Cc1ccc(N(c2ccc(C)cc2)c2ccc(CCc3ccc(CCc4ccc(N(c5ccc(C)cc5)c5ccc(C)cc5)cc4)cc3)cc2)cc1. The van der Waals surface area contributed by atoms with Crippen molar-refractivity contribution in [2.45, 2.75) is 53.4 Å². The van der Waals surface area contributed by atoms with Crippen molar-refractivity contribution in [1.29, 1.82) is 0 Å². The molecular formula is C50H48N2. The molecule has 7 aromatic carbocycles. The summed E-state index contributed by atoms with van der Waals surface area (Å²) in [6.07, 6.45) is 4.09. The second-order valence-corrected chi connectivity index (χ2v) is 14.2. The van der Waals surface area contributed by atoms with Gasteiger partial charge >= 0.3 is 0 Å². The Bertz CT molecular complexity index is 1910. The van der Waals surface area contributed by atoms with Crippen LogP contribution in [0.2, 0.25) is 0 Å². The Labute approximate surface area is 310 Å². The van der Waals surface area contributed by atoms with E-state index in [1.54, 1.807) is 0 Å². The zero-order chi connectivity index (χ0) is 35.9. The summed E-state index contributed by atoms with van der Waals surface area (Å²) in [5.74, 6) is 0. The fourth-order valence-corrected chi connectivity index (χ4v) is 6.74. The Morgan fingerprint density at radius 2 is 0.385 bits per heavy atom. The third kappa shape index (κ3) is 8.53. The summed E-state index contributed by atoms with van der Waals surface area (Å²) in [5, 5.41) is 0. The molecule has 0 saturated carbocycles. The van der Waals surface area contributed by atoms with Crippen LogP contribution in [0.15, 0.2) is 170 Å². The van der Waals surface area contributed by atoms with Crippen LogP contribution in [-0.4, -0.2) is 0 Å². The Morgan fingerprint density at radius 3 is 0.577 bits per heavy atom. The number of anilines is 6. The molecule has 2 nitrogen and oxygen atoms in total. The molecular weight excluding hydrogens is 629 g/mol. The van der Waals surface area contributed by atoms with Gasteiger partial charge in [-0.2, -0.15) is 0 Å². The smallest absolute Gasteiger partial charge is 0.0461 e. The summed E-state index contributed by atoms with van der Waals surface area (Å²) < 4.78 is 0. The van der Waals surface area contributed by atoms with Gasteiger partial charge in [0.25, 0.3) is 0 Å². The van der Waals surface area contributed by atoms with E-state index in [-0.39, 0.29) is 0 Å². The van der Waals surface area contributed by atoms with Gasteiger partial charge in [-0.15, -0.1) is 0 Å². The molecule has 0 atom stereocenters. The number of hydrogen-bond acceptors (Lipinski definition) is 2. The molecule has 7 rings (SSSR count). The number of hydrogen-bond donors (Lipinski definition) is 0. The molecule has 52 heavy (non-hydrogen) atoms. The van der Waals surface area contributed by atoms with E-state index >= 15 is 0 Å². The molecule has 0 fully saturated rings. The maximum Gasteiger partial charge on any atom is 0.0461 e. The molecule has 2 heteroatoms. The minimum atomic E-state index is 1.02. The van der Waals surface area contributed by atoms with E-state index in [4.69, 9.17) is 0 Å². The molecule has 0 heterocycles. The number of nitrogens with zero attached hydrogens (tertiary/aromatic N) is 2. The largest absolute Gasteiger partial charge is 0.311 e. The fraction of sp³-hybridized carbons (Fsp3) is 0.160. The lowest BCUT2D eigenvalue weighted by Gasteiger charge is -2.26. The molecule has 7 aromatic rings. The van der Waals surface area contributed by atoms with Crippen LogP contribution in [-0.2, 0) is 25.7 Å². The van der Waals surface area contributed by atoms with Gasteiger partial charge in [-0.1, -0.05) is 119 Å². The second-order valence-electron chi connectivity index (χ2n) is 14.2. The minimum absolute atomic E-state index is 1.02. The number of rotatable bonds is 12. The predicted molar refractivity (Wildman–Crippen MR) is 222 cm³/mol. The highest BCUT2D eigenvalue weighted by molar-refractivity contribution is 5.78. The van der Waals surface area contributed by atoms with E-state index in [1.807, 2.05) is 0 Å². The first-order valence-electron chi connectivity index (χ1n) is 18.5. The van der Waals surface area contributed by atoms with E-state index in [2.05, 4.69) is 207 Å². The summed E-state index contributed by atoms with van der Waals surface area (Å²) in [7, 11) is 0. The zero-order valence-electron chi connectivity index (χ0n) is 30.9. The highest BCUT2D eigenvalue weighted by Gasteiger charge is 2.14. The van der Waals surface area contributed by atoms with E-state index in [0.717, 1.165) is 25.7 Å². The van der Waals surface area contributed by atoms with Gasteiger partial charge in [-0.25, -0.2) is 0 Å². The Morgan fingerprint density at radius 1 is 0.231 bits per heavy atom. The van der Waals surface area contributed by atoms with Crippen LogP contribution in [0.25, 0.3) is 0 Å². The molecule has 0 aliphatic carbocycles. The second kappa shape index (κ2) is 16.0. The number of benzene rings is 7. The topological polar surface area (TPSA) is 6.48 Å². The van der Waals surface area contributed by atoms with Gasteiger partial charge in [-0.3, -0.25) is 0 Å². The highest BCUT2D eigenvalue weighted by Crippen LogP contribution is 2.36. The van der Waals surface area contributed by atoms with Gasteiger partial charge < -0.3 is 9.80 Å². The lowest BCUT2D eigenvalue weighted by molar-refractivity contribution is 0.940. The van der Waals surface area contributed by atoms with Crippen LogP contribution in [0.5, 0.6) is 0 Å². The Hall–Kier alpha value is -5.86. The number of aryl methyl sites for hydroxylation is 8. The first-order chi connectivity index (χ1) is 25.4. The quantitative estimate of drug-likeness (QED) is 0.127. The van der Waals surface area contributed by atoms with E-state index < -0.39 is 0 Å². The van der Waals surface area contributed by atoms with Gasteiger partial charge in [0.1, 0.15) is 0 Å². The predicted octanol–water partition coefficient (Wildman–Crippen LogP) is 13.4. The average molecular weight is 677 g/mol. The van der Waals surface area contributed by atoms with Crippen LogP contribution < -0.4 is 9.80 Å². The van der Waals surface area contributed by atoms with Crippen molar-refractivity contribution in [2.24, 2.45) is 0 Å². The molecule has 0 saturated heterocycles. The monoisotopic (exact) mass is 676 g/mol. The molecule has 0 spiro atoms. The average Bonchev–Trinajstić information content (AvgIpc) is 3.18. The van der Waals surface area contributed by atoms with Crippen LogP contribution in [0.3, 0.4) is 0 Å². The van der Waals surface area contributed by atoms with Crippen molar-refractivity contribution in [3.8, 4) is 0 Å². The van der Waals surface area contributed by atoms with Crippen LogP contribution in [0.1, 0.15) is 44.5 Å². The summed E-state index contributed by atoms with van der Waals surface area (Å²) in [4.78, 5) is 4.67. The first-order valence-corrected chi connectivity index (χ1v) is 18.5. The van der Waals surface area contributed by atoms with Gasteiger partial charge in [-0.05, 0) is 148 Å². The standard InChI is InChI=1S/C50H48N2/c1-37-5-25-45(26-6-37)51(46-27-7-38(2)8-28-46)49-33-21-43(22-34-49)19-17-41-13-15-42(16-14-41)18-20-44-23-35-50(36-24-44)52(47-29-9-39(3)10-30-47)48-31-11-40(4)12-32-48/h5-16,21-36H,17-20H2,1-4H3. The maximum absolute atomic E-state index is 2.33. The van der Waals surface area contributed by atoms with E-state index in [0.29, 0.717) is 0 Å². The van der Waals surface area contributed by atoms with Crippen molar-refractivity contribution in [3.05, 3.63) is 214 Å². The Kier molecular flexibility index (Phi) is 10.6. The Balaban J connectivity index is 0.960. The highest BCUT2D eigenvalue weighted by atomic mass is 15.1. The maximum atomic E-state index is 2.33. The third-order valence-corrected chi connectivity index (χ3v) is 9.99. The normalized spacial score (nSPS) is 11.0. The minimum Gasteiger partial charge on any atom is -0.311 e. The molecule has 0 aliphatic rings. The molecule has 0 bridgehead atoms. The third-order valence-electron chi connectivity index (χ3n) is 9.99. The van der Waals surface area contributed by atoms with E-state index in [9.17, 15) is 0 Å². The van der Waals surface area contributed by atoms with Gasteiger partial charge in [0, 0.05) is 34.1 Å². The summed E-state index contributed by atoms with van der Waals surface area (Å²) >= 11 is 0. The van der Waals surface area contributed by atoms with Crippen molar-refractivity contribution in [3.63, 3.8) is 0 Å². The van der Waals surface area contributed by atoms with Crippen LogP contribution in [0.4, 0.5) is 34.1 Å². The van der Waals surface area contributed by atoms with Crippen LogP contribution >= 0.6 is 0 Å². The van der Waals surface area contributed by atoms with E-state index in [1.165, 1.54) is 78.6 Å². The fourth-order valence-electron chi connectivity index (χ4n) is 6.74. The van der Waals surface area contributed by atoms with Crippen molar-refractivity contribution in [1.82, 2.24) is 0 Å². The van der Waals surface area contributed by atoms with Crippen molar-refractivity contribution < 1.29 is 0 Å². The molecule has 0 radical (unpaired) electrons. The molecule has 0 aliphatic heterocycles. The lowest BCUT2D eigenvalue weighted by atomic mass is 10.00. The zero-order valence-corrected chi connectivity index (χ0v) is 30.9. The molecule has 0 N–H and O–H groups in total. The van der Waals surface area contributed by atoms with Crippen molar-refractivity contribution >= 4 is 34.1 Å². The molecule has 0 aromatic heterocycles. The first kappa shape index (κ1) is 34.6. The van der Waals surface area contributed by atoms with Gasteiger partial charge in [0.15, 0.2) is 0 Å². The van der Waals surface area contributed by atoms with Gasteiger partial charge in [0.2, 0.25) is 0 Å². The summed E-state index contributed by atoms with van der Waals surface area (Å²) in [6, 6.07) is 62.5. The lowest BCUT2D eigenvalue weighted by Crippen LogP contribution is -2.10. The molecule has 258 valence electrons. The van der Waals surface area contributed by atoms with Gasteiger partial charge in [0.05, 0.1) is 0 Å². The molecule has 0 amide bonds. The molecule has 0 unspecified atom stereocenters. The summed E-state index contributed by atoms with van der Waals surface area (Å²) in [5.41, 5.74) is 17.5. The van der Waals surface area contributed by atoms with Crippen LogP contribution in [0, 0.1) is 27.7 Å². The summed E-state index contributed by atoms with van der Waals surface area (Å²) in [6.45, 7) is 8.54. The van der Waals surface area contributed by atoms with Crippen molar-refractivity contribution in [2.75, 3.05) is 9.80 Å².